The van der Waals surface area contributed by atoms with Crippen molar-refractivity contribution in [3.05, 3.63) is 28.8 Å². The van der Waals surface area contributed by atoms with Gasteiger partial charge >= 0.3 is 0 Å². The summed E-state index contributed by atoms with van der Waals surface area (Å²) < 4.78 is 0. The van der Waals surface area contributed by atoms with Crippen LogP contribution in [0.5, 0.6) is 5.75 Å². The molecule has 1 aromatic rings. The van der Waals surface area contributed by atoms with Crippen molar-refractivity contribution in [3.8, 4) is 5.75 Å². The molecule has 13 heavy (non-hydrogen) atoms. The predicted molar refractivity (Wildman–Crippen MR) is 52.3 cm³/mol. The van der Waals surface area contributed by atoms with E-state index in [4.69, 9.17) is 0 Å². The van der Waals surface area contributed by atoms with Crippen LogP contribution < -0.4 is 0 Å². The predicted octanol–water partition coefficient (Wildman–Crippen LogP) is 2.64. The first-order valence-corrected chi connectivity index (χ1v) is 4.35. The Morgan fingerprint density at radius 1 is 1.38 bits per heavy atom. The Hall–Kier alpha value is -1.31. The molecule has 0 fully saturated rings. The SMILES string of the molecule is Cc1cc(C=O)c(C(C)C)cc1O. The van der Waals surface area contributed by atoms with E-state index in [1.165, 1.54) is 0 Å². The maximum Gasteiger partial charge on any atom is 0.150 e. The lowest BCUT2D eigenvalue weighted by Gasteiger charge is -2.10. The number of aromatic hydroxyl groups is 1. The molecule has 2 heteroatoms. The summed E-state index contributed by atoms with van der Waals surface area (Å²) in [4.78, 5) is 10.7. The van der Waals surface area contributed by atoms with Crippen LogP contribution in [0.15, 0.2) is 12.1 Å². The first-order valence-electron chi connectivity index (χ1n) is 4.35. The molecule has 0 saturated heterocycles. The molecule has 0 aromatic heterocycles. The molecule has 0 amide bonds. The van der Waals surface area contributed by atoms with Gasteiger partial charge in [-0.15, -0.1) is 0 Å². The van der Waals surface area contributed by atoms with Gasteiger partial charge in [0.2, 0.25) is 0 Å². The van der Waals surface area contributed by atoms with Crippen molar-refractivity contribution in [3.63, 3.8) is 0 Å². The number of phenols is 1. The second-order valence-electron chi connectivity index (χ2n) is 3.54. The Labute approximate surface area is 78.2 Å². The molecule has 1 aromatic carbocycles. The highest BCUT2D eigenvalue weighted by molar-refractivity contribution is 5.78. The van der Waals surface area contributed by atoms with Gasteiger partial charge in [0.1, 0.15) is 12.0 Å². The van der Waals surface area contributed by atoms with Crippen LogP contribution in [0.25, 0.3) is 0 Å². The van der Waals surface area contributed by atoms with Gasteiger partial charge in [-0.3, -0.25) is 4.79 Å². The Morgan fingerprint density at radius 2 is 2.00 bits per heavy atom. The number of aldehydes is 1. The zero-order valence-corrected chi connectivity index (χ0v) is 8.16. The first kappa shape index (κ1) is 9.78. The zero-order valence-electron chi connectivity index (χ0n) is 8.16. The first-order chi connectivity index (χ1) is 6.06. The van der Waals surface area contributed by atoms with Gasteiger partial charge in [-0.25, -0.2) is 0 Å². The van der Waals surface area contributed by atoms with E-state index < -0.39 is 0 Å². The summed E-state index contributed by atoms with van der Waals surface area (Å²) in [6.45, 7) is 5.78. The topological polar surface area (TPSA) is 37.3 Å². The molecular weight excluding hydrogens is 164 g/mol. The van der Waals surface area contributed by atoms with Crippen LogP contribution in [0.3, 0.4) is 0 Å². The largest absolute Gasteiger partial charge is 0.508 e. The molecule has 0 aliphatic rings. The third-order valence-corrected chi connectivity index (χ3v) is 2.15. The summed E-state index contributed by atoms with van der Waals surface area (Å²) in [6, 6.07) is 3.39. The third-order valence-electron chi connectivity index (χ3n) is 2.15. The van der Waals surface area contributed by atoms with Gasteiger partial charge in [-0.1, -0.05) is 13.8 Å². The third kappa shape index (κ3) is 1.89. The second kappa shape index (κ2) is 3.60. The molecule has 0 unspecified atom stereocenters. The number of carbonyl (C=O) groups excluding carboxylic acids is 1. The maximum absolute atomic E-state index is 10.7. The van der Waals surface area contributed by atoms with Crippen molar-refractivity contribution >= 4 is 6.29 Å². The summed E-state index contributed by atoms with van der Waals surface area (Å²) in [6.07, 6.45) is 0.835. The second-order valence-corrected chi connectivity index (χ2v) is 3.54. The smallest absolute Gasteiger partial charge is 0.150 e. The highest BCUT2D eigenvalue weighted by Gasteiger charge is 2.08. The van der Waals surface area contributed by atoms with E-state index >= 15 is 0 Å². The van der Waals surface area contributed by atoms with Crippen molar-refractivity contribution in [2.45, 2.75) is 26.7 Å². The van der Waals surface area contributed by atoms with E-state index in [0.717, 1.165) is 17.4 Å². The highest BCUT2D eigenvalue weighted by atomic mass is 16.3. The van der Waals surface area contributed by atoms with Gasteiger partial charge in [0.25, 0.3) is 0 Å². The summed E-state index contributed by atoms with van der Waals surface area (Å²) in [5.74, 6) is 0.515. The molecule has 0 spiro atoms. The van der Waals surface area contributed by atoms with Crippen LogP contribution in [0.1, 0.15) is 41.3 Å². The van der Waals surface area contributed by atoms with E-state index in [1.807, 2.05) is 13.8 Å². The lowest BCUT2D eigenvalue weighted by atomic mass is 9.96. The number of phenolic OH excluding ortho intramolecular Hbond substituents is 1. The fraction of sp³-hybridized carbons (Fsp3) is 0.364. The highest BCUT2D eigenvalue weighted by Crippen LogP contribution is 2.26. The van der Waals surface area contributed by atoms with Gasteiger partial charge in [0.15, 0.2) is 0 Å². The maximum atomic E-state index is 10.7. The van der Waals surface area contributed by atoms with Crippen molar-refractivity contribution in [1.82, 2.24) is 0 Å². The Balaban J connectivity index is 3.32. The minimum absolute atomic E-state index is 0.256. The number of rotatable bonds is 2. The van der Waals surface area contributed by atoms with Gasteiger partial charge in [0, 0.05) is 5.56 Å². The van der Waals surface area contributed by atoms with Gasteiger partial charge < -0.3 is 5.11 Å². The molecule has 0 aliphatic carbocycles. The monoisotopic (exact) mass is 178 g/mol. The van der Waals surface area contributed by atoms with E-state index in [0.29, 0.717) is 5.56 Å². The molecule has 2 nitrogen and oxygen atoms in total. The van der Waals surface area contributed by atoms with Crippen molar-refractivity contribution in [2.75, 3.05) is 0 Å². The molecule has 0 bridgehead atoms. The lowest BCUT2D eigenvalue weighted by Crippen LogP contribution is -1.95. The van der Waals surface area contributed by atoms with E-state index in [-0.39, 0.29) is 11.7 Å². The average molecular weight is 178 g/mol. The van der Waals surface area contributed by atoms with Crippen molar-refractivity contribution in [1.29, 1.82) is 0 Å². The summed E-state index contributed by atoms with van der Waals surface area (Å²) in [7, 11) is 0. The molecule has 1 N–H and O–H groups in total. The normalized spacial score (nSPS) is 10.5. The molecule has 70 valence electrons. The number of aryl methyl sites for hydroxylation is 1. The van der Waals surface area contributed by atoms with Crippen LogP contribution in [0.2, 0.25) is 0 Å². The van der Waals surface area contributed by atoms with Crippen molar-refractivity contribution in [2.24, 2.45) is 0 Å². The standard InChI is InChI=1S/C11H14O2/c1-7(2)10-5-11(13)8(3)4-9(10)6-12/h4-7,13H,1-3H3. The summed E-state index contributed by atoms with van der Waals surface area (Å²) >= 11 is 0. The Bertz CT molecular complexity index is 327. The number of carbonyl (C=O) groups is 1. The summed E-state index contributed by atoms with van der Waals surface area (Å²) in [5.41, 5.74) is 2.31. The lowest BCUT2D eigenvalue weighted by molar-refractivity contribution is 0.112. The van der Waals surface area contributed by atoms with E-state index in [1.54, 1.807) is 19.1 Å². The molecule has 1 rings (SSSR count). The zero-order chi connectivity index (χ0) is 10.0. The fourth-order valence-corrected chi connectivity index (χ4v) is 1.34. The van der Waals surface area contributed by atoms with Gasteiger partial charge in [-0.2, -0.15) is 0 Å². The van der Waals surface area contributed by atoms with Crippen LogP contribution in [0, 0.1) is 6.92 Å². The van der Waals surface area contributed by atoms with E-state index in [2.05, 4.69) is 0 Å². The fourth-order valence-electron chi connectivity index (χ4n) is 1.34. The minimum atomic E-state index is 0.256. The molecule has 0 saturated carbocycles. The molecular formula is C11H14O2. The Kier molecular flexibility index (Phi) is 2.71. The minimum Gasteiger partial charge on any atom is -0.508 e. The molecule has 0 radical (unpaired) electrons. The van der Waals surface area contributed by atoms with Crippen molar-refractivity contribution < 1.29 is 9.90 Å². The Morgan fingerprint density at radius 3 is 2.46 bits per heavy atom. The number of hydrogen-bond acceptors (Lipinski definition) is 2. The average Bonchev–Trinajstić information content (AvgIpc) is 2.08. The van der Waals surface area contributed by atoms with Crippen LogP contribution in [-0.4, -0.2) is 11.4 Å². The molecule has 0 aliphatic heterocycles. The van der Waals surface area contributed by atoms with Crippen LogP contribution in [-0.2, 0) is 0 Å². The van der Waals surface area contributed by atoms with E-state index in [9.17, 15) is 9.90 Å². The number of benzene rings is 1. The molecule has 0 atom stereocenters. The molecule has 0 heterocycles. The van der Waals surface area contributed by atoms with Crippen LogP contribution in [0.4, 0.5) is 0 Å². The van der Waals surface area contributed by atoms with Crippen LogP contribution >= 0.6 is 0 Å². The number of hydrogen-bond donors (Lipinski definition) is 1. The summed E-state index contributed by atoms with van der Waals surface area (Å²) in [5, 5.41) is 9.45. The van der Waals surface area contributed by atoms with Gasteiger partial charge in [-0.05, 0) is 36.1 Å². The quantitative estimate of drug-likeness (QED) is 0.707. The van der Waals surface area contributed by atoms with Gasteiger partial charge in [0.05, 0.1) is 0 Å².